The number of nitrogens with one attached hydrogen (secondary N) is 1. The molecule has 0 saturated heterocycles. The fourth-order valence-electron chi connectivity index (χ4n) is 2.47. The van der Waals surface area contributed by atoms with E-state index in [1.165, 1.54) is 16.8 Å². The Morgan fingerprint density at radius 3 is 2.35 bits per heavy atom. The van der Waals surface area contributed by atoms with Gasteiger partial charge < -0.3 is 15.5 Å². The van der Waals surface area contributed by atoms with Gasteiger partial charge in [0.25, 0.3) is 0 Å². The second-order valence-electron chi connectivity index (χ2n) is 5.68. The normalized spacial score (nSPS) is 13.2. The second-order valence-corrected chi connectivity index (χ2v) is 5.68. The van der Waals surface area contributed by atoms with Crippen LogP contribution < -0.4 is 5.32 Å². The maximum Gasteiger partial charge on any atom is 0.328 e. The molecule has 3 N–H and O–H groups in total. The van der Waals surface area contributed by atoms with Crippen molar-refractivity contribution in [2.75, 3.05) is 13.1 Å². The van der Waals surface area contributed by atoms with Gasteiger partial charge in [-0.25, -0.2) is 19.6 Å². The third-order valence-corrected chi connectivity index (χ3v) is 3.69. The Balaban J connectivity index is 0.000000260. The van der Waals surface area contributed by atoms with E-state index in [0.29, 0.717) is 12.2 Å². The number of hydrogen-bond acceptors (Lipinski definition) is 5. The number of carbonyl (C=O) groups is 2. The number of aromatic nitrogens is 2. The molecule has 7 nitrogen and oxygen atoms in total. The van der Waals surface area contributed by atoms with Crippen LogP contribution >= 0.6 is 0 Å². The third-order valence-electron chi connectivity index (χ3n) is 3.69. The Kier molecular flexibility index (Phi) is 7.45. The van der Waals surface area contributed by atoms with Crippen LogP contribution in [0.4, 0.5) is 0 Å². The van der Waals surface area contributed by atoms with Gasteiger partial charge in [-0.2, -0.15) is 0 Å². The van der Waals surface area contributed by atoms with Gasteiger partial charge in [0.05, 0.1) is 0 Å². The molecule has 0 unspecified atom stereocenters. The summed E-state index contributed by atoms with van der Waals surface area (Å²) in [6.45, 7) is 2.06. The lowest BCUT2D eigenvalue weighted by atomic mass is 10.1. The van der Waals surface area contributed by atoms with Gasteiger partial charge in [0.15, 0.2) is 0 Å². The summed E-state index contributed by atoms with van der Waals surface area (Å²) < 4.78 is 0. The monoisotopic (exact) mass is 355 g/mol. The fourth-order valence-corrected chi connectivity index (χ4v) is 2.47. The summed E-state index contributed by atoms with van der Waals surface area (Å²) in [7, 11) is 0. The highest BCUT2D eigenvalue weighted by Crippen LogP contribution is 2.12. The van der Waals surface area contributed by atoms with Gasteiger partial charge in [0.2, 0.25) is 0 Å². The number of carboxylic acids is 2. The molecule has 0 atom stereocenters. The first-order valence-electron chi connectivity index (χ1n) is 8.27. The molecule has 26 heavy (non-hydrogen) atoms. The molecule has 1 aromatic carbocycles. The van der Waals surface area contributed by atoms with Crippen molar-refractivity contribution in [3.63, 3.8) is 0 Å². The third kappa shape index (κ3) is 6.82. The Morgan fingerprint density at radius 1 is 1.04 bits per heavy atom. The van der Waals surface area contributed by atoms with E-state index in [1.54, 1.807) is 0 Å². The van der Waals surface area contributed by atoms with Crippen molar-refractivity contribution in [1.29, 1.82) is 0 Å². The molecule has 1 aliphatic rings. The van der Waals surface area contributed by atoms with E-state index in [9.17, 15) is 9.59 Å². The van der Waals surface area contributed by atoms with Crippen molar-refractivity contribution in [3.8, 4) is 0 Å². The van der Waals surface area contributed by atoms with Gasteiger partial charge in [0, 0.05) is 43.4 Å². The highest BCUT2D eigenvalue weighted by Gasteiger charge is 2.10. The average Bonchev–Trinajstić information content (AvgIpc) is 2.86. The van der Waals surface area contributed by atoms with Crippen LogP contribution in [-0.2, 0) is 28.9 Å². The molecule has 0 radical (unpaired) electrons. The summed E-state index contributed by atoms with van der Waals surface area (Å²) in [6.07, 6.45) is 6.00. The summed E-state index contributed by atoms with van der Waals surface area (Å²) in [5, 5.41) is 19.0. The lowest BCUT2D eigenvalue weighted by molar-refractivity contribution is -0.134. The van der Waals surface area contributed by atoms with Gasteiger partial charge in [-0.15, -0.1) is 0 Å². The number of nitrogens with zero attached hydrogens (tertiary/aromatic N) is 2. The predicted octanol–water partition coefficient (Wildman–Crippen LogP) is 1.47. The number of carboxylic acid groups (broad SMARTS) is 2. The molecule has 3 rings (SSSR count). The molecule has 0 fully saturated rings. The number of hydrogen-bond donors (Lipinski definition) is 3. The van der Waals surface area contributed by atoms with Gasteiger partial charge in [-0.05, 0) is 24.1 Å². The molecule has 7 heteroatoms. The quantitative estimate of drug-likeness (QED) is 0.712. The Bertz CT molecular complexity index is 760. The van der Waals surface area contributed by atoms with Gasteiger partial charge in [-0.1, -0.05) is 30.3 Å². The van der Waals surface area contributed by atoms with Crippen LogP contribution in [0.25, 0.3) is 0 Å². The highest BCUT2D eigenvalue weighted by molar-refractivity contribution is 5.89. The number of benzene rings is 1. The van der Waals surface area contributed by atoms with E-state index in [4.69, 9.17) is 15.2 Å². The van der Waals surface area contributed by atoms with Crippen molar-refractivity contribution in [3.05, 3.63) is 71.3 Å². The number of rotatable bonds is 4. The van der Waals surface area contributed by atoms with Crippen molar-refractivity contribution in [2.24, 2.45) is 0 Å². The van der Waals surface area contributed by atoms with Crippen LogP contribution in [0.3, 0.4) is 0 Å². The molecule has 0 bridgehead atoms. The molecule has 0 amide bonds. The first-order valence-corrected chi connectivity index (χ1v) is 8.27. The van der Waals surface area contributed by atoms with Crippen LogP contribution in [0, 0.1) is 0 Å². The Labute approximate surface area is 151 Å². The van der Waals surface area contributed by atoms with Crippen molar-refractivity contribution < 1.29 is 19.8 Å². The molecule has 0 saturated carbocycles. The number of aliphatic carboxylic acids is 2. The molecule has 1 aromatic heterocycles. The SMILES string of the molecule is O=C(O)/C=C/C(=O)O.c1ccc(Cc2ncc3c(n2)CCNCC3)cc1. The van der Waals surface area contributed by atoms with Crippen molar-refractivity contribution in [1.82, 2.24) is 15.3 Å². The highest BCUT2D eigenvalue weighted by atomic mass is 16.4. The Morgan fingerprint density at radius 2 is 1.69 bits per heavy atom. The Hall–Kier alpha value is -3.06. The van der Waals surface area contributed by atoms with Crippen LogP contribution in [0.2, 0.25) is 0 Å². The summed E-state index contributed by atoms with van der Waals surface area (Å²) in [4.78, 5) is 28.3. The van der Waals surface area contributed by atoms with Crippen LogP contribution in [0.15, 0.2) is 48.7 Å². The standard InChI is InChI=1S/C15H17N3.C4H4O4/c1-2-4-12(5-3-1)10-15-17-11-13-6-8-16-9-7-14(13)18-15;5-3(6)1-2-4(7)8/h1-5,11,16H,6-10H2;1-2H,(H,5,6)(H,7,8)/b;2-1+. The first kappa shape index (κ1) is 19.3. The molecule has 0 aliphatic carbocycles. The van der Waals surface area contributed by atoms with Crippen LogP contribution in [0.5, 0.6) is 0 Å². The largest absolute Gasteiger partial charge is 0.478 e. The maximum absolute atomic E-state index is 9.55. The fraction of sp³-hybridized carbons (Fsp3) is 0.263. The molecule has 0 spiro atoms. The number of fused-ring (bicyclic) bond motifs is 1. The van der Waals surface area contributed by atoms with Gasteiger partial charge in [-0.3, -0.25) is 0 Å². The van der Waals surface area contributed by atoms with Gasteiger partial charge >= 0.3 is 11.9 Å². The van der Waals surface area contributed by atoms with Crippen LogP contribution in [0.1, 0.15) is 22.6 Å². The average molecular weight is 355 g/mol. The van der Waals surface area contributed by atoms with Crippen molar-refractivity contribution in [2.45, 2.75) is 19.3 Å². The predicted molar refractivity (Wildman–Crippen MR) is 96.0 cm³/mol. The zero-order valence-corrected chi connectivity index (χ0v) is 14.3. The molecule has 2 heterocycles. The van der Waals surface area contributed by atoms with Crippen molar-refractivity contribution >= 4 is 11.9 Å². The second kappa shape index (κ2) is 10.0. The molecular weight excluding hydrogens is 334 g/mol. The minimum Gasteiger partial charge on any atom is -0.478 e. The summed E-state index contributed by atoms with van der Waals surface area (Å²) in [5.74, 6) is -1.58. The maximum atomic E-state index is 9.55. The zero-order chi connectivity index (χ0) is 18.8. The minimum atomic E-state index is -1.26. The van der Waals surface area contributed by atoms with E-state index in [2.05, 4.69) is 34.6 Å². The molecular formula is C19H21N3O4. The van der Waals surface area contributed by atoms with Gasteiger partial charge in [0.1, 0.15) is 5.82 Å². The van der Waals surface area contributed by atoms with Crippen LogP contribution in [-0.4, -0.2) is 45.2 Å². The molecule has 2 aromatic rings. The molecule has 136 valence electrons. The zero-order valence-electron chi connectivity index (χ0n) is 14.3. The topological polar surface area (TPSA) is 112 Å². The summed E-state index contributed by atoms with van der Waals surface area (Å²) in [6, 6.07) is 10.4. The lowest BCUT2D eigenvalue weighted by Gasteiger charge is -2.06. The summed E-state index contributed by atoms with van der Waals surface area (Å²) >= 11 is 0. The molecule has 1 aliphatic heterocycles. The van der Waals surface area contributed by atoms with E-state index in [1.807, 2.05) is 12.3 Å². The lowest BCUT2D eigenvalue weighted by Crippen LogP contribution is -2.16. The summed E-state index contributed by atoms with van der Waals surface area (Å²) in [5.41, 5.74) is 3.79. The van der Waals surface area contributed by atoms with E-state index >= 15 is 0 Å². The van der Waals surface area contributed by atoms with E-state index in [0.717, 1.165) is 38.2 Å². The minimum absolute atomic E-state index is 0.558. The first-order chi connectivity index (χ1) is 12.5. The van der Waals surface area contributed by atoms with E-state index in [-0.39, 0.29) is 0 Å². The van der Waals surface area contributed by atoms with E-state index < -0.39 is 11.9 Å². The smallest absolute Gasteiger partial charge is 0.328 e.